The van der Waals surface area contributed by atoms with Crippen LogP contribution in [0.3, 0.4) is 0 Å². The van der Waals surface area contributed by atoms with Crippen molar-refractivity contribution in [3.63, 3.8) is 0 Å². The lowest BCUT2D eigenvalue weighted by molar-refractivity contribution is -0.137. The number of carboxylic acid groups (broad SMARTS) is 1. The highest BCUT2D eigenvalue weighted by Crippen LogP contribution is 2.22. The van der Waals surface area contributed by atoms with Crippen molar-refractivity contribution in [2.24, 2.45) is 0 Å². The smallest absolute Gasteiger partial charge is 0.305 e. The Balaban J connectivity index is 1.91. The molecule has 2 heterocycles. The number of aromatic amines is 1. The molecule has 1 atom stereocenters. The molecule has 3 rings (SSSR count). The molecular formula is C16H14N4O4. The number of hydrogen-bond donors (Lipinski definition) is 4. The van der Waals surface area contributed by atoms with Crippen LogP contribution in [0.1, 0.15) is 28.5 Å². The van der Waals surface area contributed by atoms with Crippen LogP contribution in [0.25, 0.3) is 11.0 Å². The van der Waals surface area contributed by atoms with Crippen molar-refractivity contribution in [2.45, 2.75) is 12.5 Å². The van der Waals surface area contributed by atoms with E-state index in [-0.39, 0.29) is 17.9 Å². The van der Waals surface area contributed by atoms with Gasteiger partial charge in [-0.2, -0.15) is 0 Å². The van der Waals surface area contributed by atoms with E-state index in [1.807, 2.05) is 0 Å². The number of rotatable bonds is 5. The fourth-order valence-electron chi connectivity index (χ4n) is 2.45. The van der Waals surface area contributed by atoms with Crippen LogP contribution in [-0.4, -0.2) is 37.0 Å². The van der Waals surface area contributed by atoms with Gasteiger partial charge < -0.3 is 20.5 Å². The Hall–Kier alpha value is -3.42. The number of H-pyrrole nitrogens is 1. The van der Waals surface area contributed by atoms with Gasteiger partial charge >= 0.3 is 5.97 Å². The number of amides is 1. The lowest BCUT2D eigenvalue weighted by atomic mass is 10.0. The van der Waals surface area contributed by atoms with Gasteiger partial charge in [-0.05, 0) is 23.8 Å². The molecular weight excluding hydrogens is 312 g/mol. The third-order valence-corrected chi connectivity index (χ3v) is 3.53. The van der Waals surface area contributed by atoms with Crippen LogP contribution >= 0.6 is 0 Å². The minimum atomic E-state index is -1.07. The maximum absolute atomic E-state index is 12.5. The molecule has 0 spiro atoms. The van der Waals surface area contributed by atoms with Gasteiger partial charge in [-0.1, -0.05) is 12.1 Å². The normalized spacial score (nSPS) is 12.0. The van der Waals surface area contributed by atoms with Crippen molar-refractivity contribution >= 4 is 22.9 Å². The molecule has 8 heteroatoms. The van der Waals surface area contributed by atoms with E-state index < -0.39 is 17.9 Å². The maximum atomic E-state index is 12.5. The van der Waals surface area contributed by atoms with Gasteiger partial charge in [0.25, 0.3) is 5.91 Å². The van der Waals surface area contributed by atoms with Gasteiger partial charge in [0.05, 0.1) is 17.8 Å². The first-order valence-electron chi connectivity index (χ1n) is 7.14. The zero-order valence-corrected chi connectivity index (χ0v) is 12.4. The zero-order chi connectivity index (χ0) is 17.1. The van der Waals surface area contributed by atoms with Crippen LogP contribution in [0, 0.1) is 0 Å². The fraction of sp³-hybridized carbons (Fsp3) is 0.125. The molecule has 0 aliphatic rings. The predicted molar refractivity (Wildman–Crippen MR) is 84.5 cm³/mol. The number of phenols is 1. The van der Waals surface area contributed by atoms with Crippen molar-refractivity contribution in [3.8, 4) is 5.75 Å². The molecule has 2 aromatic heterocycles. The molecule has 122 valence electrons. The topological polar surface area (TPSA) is 128 Å². The zero-order valence-electron chi connectivity index (χ0n) is 12.4. The van der Waals surface area contributed by atoms with Gasteiger partial charge in [0.2, 0.25) is 0 Å². The Morgan fingerprint density at radius 1 is 1.25 bits per heavy atom. The highest BCUT2D eigenvalue weighted by Gasteiger charge is 2.21. The largest absolute Gasteiger partial charge is 0.508 e. The minimum absolute atomic E-state index is 0.00722. The molecule has 0 aliphatic heterocycles. The number of carbonyl (C=O) groups excluding carboxylic acids is 1. The number of benzene rings is 1. The monoisotopic (exact) mass is 326 g/mol. The lowest BCUT2D eigenvalue weighted by Crippen LogP contribution is -2.31. The van der Waals surface area contributed by atoms with Gasteiger partial charge in [0.15, 0.2) is 0 Å². The standard InChI is InChI=1S/C16H14N4O4/c21-10-3-1-2-9(6-10)12(7-13(22)23)20-16(24)14-11-4-5-17-15(11)19-8-18-14/h1-6,8,12,21H,7H2,(H,20,24)(H,22,23)(H,17,18,19)/t12-/m0/s1. The van der Waals surface area contributed by atoms with Gasteiger partial charge in [-0.3, -0.25) is 9.59 Å². The van der Waals surface area contributed by atoms with E-state index >= 15 is 0 Å². The number of nitrogens with zero attached hydrogens (tertiary/aromatic N) is 2. The molecule has 0 fully saturated rings. The Labute approximate surface area is 136 Å². The van der Waals surface area contributed by atoms with E-state index in [1.165, 1.54) is 18.5 Å². The summed E-state index contributed by atoms with van der Waals surface area (Å²) in [7, 11) is 0. The minimum Gasteiger partial charge on any atom is -0.508 e. The maximum Gasteiger partial charge on any atom is 0.305 e. The van der Waals surface area contributed by atoms with E-state index in [4.69, 9.17) is 5.11 Å². The Morgan fingerprint density at radius 3 is 2.83 bits per heavy atom. The van der Waals surface area contributed by atoms with Gasteiger partial charge in [0.1, 0.15) is 23.4 Å². The van der Waals surface area contributed by atoms with Crippen LogP contribution in [0.2, 0.25) is 0 Å². The highest BCUT2D eigenvalue weighted by atomic mass is 16.4. The van der Waals surface area contributed by atoms with Crippen molar-refractivity contribution in [1.82, 2.24) is 20.3 Å². The van der Waals surface area contributed by atoms with Crippen molar-refractivity contribution in [2.75, 3.05) is 0 Å². The molecule has 0 radical (unpaired) electrons. The summed E-state index contributed by atoms with van der Waals surface area (Å²) in [6, 6.07) is 6.98. The number of carboxylic acids is 1. The average Bonchev–Trinajstić information content (AvgIpc) is 3.02. The lowest BCUT2D eigenvalue weighted by Gasteiger charge is -2.17. The quantitative estimate of drug-likeness (QED) is 0.564. The summed E-state index contributed by atoms with van der Waals surface area (Å²) in [5.41, 5.74) is 1.16. The third-order valence-electron chi connectivity index (χ3n) is 3.53. The summed E-state index contributed by atoms with van der Waals surface area (Å²) in [6.45, 7) is 0. The number of hydrogen-bond acceptors (Lipinski definition) is 5. The van der Waals surface area contributed by atoms with E-state index in [2.05, 4.69) is 20.3 Å². The van der Waals surface area contributed by atoms with Crippen molar-refractivity contribution in [3.05, 3.63) is 54.1 Å². The summed E-state index contributed by atoms with van der Waals surface area (Å²) in [6.07, 6.45) is 2.57. The van der Waals surface area contributed by atoms with Gasteiger partial charge in [0, 0.05) is 6.20 Å². The molecule has 0 bridgehead atoms. The summed E-state index contributed by atoms with van der Waals surface area (Å²) in [5, 5.41) is 21.9. The molecule has 24 heavy (non-hydrogen) atoms. The number of aliphatic carboxylic acids is 1. The molecule has 0 saturated carbocycles. The molecule has 4 N–H and O–H groups in total. The number of aromatic hydroxyl groups is 1. The van der Waals surface area contributed by atoms with E-state index in [9.17, 15) is 14.7 Å². The number of nitrogens with one attached hydrogen (secondary N) is 2. The van der Waals surface area contributed by atoms with Crippen molar-refractivity contribution in [1.29, 1.82) is 0 Å². The fourth-order valence-corrected chi connectivity index (χ4v) is 2.45. The summed E-state index contributed by atoms with van der Waals surface area (Å²) < 4.78 is 0. The van der Waals surface area contributed by atoms with Crippen LogP contribution < -0.4 is 5.32 Å². The number of aromatic nitrogens is 3. The predicted octanol–water partition coefficient (Wildman–Crippen LogP) is 1.61. The molecule has 1 amide bonds. The van der Waals surface area contributed by atoms with E-state index in [0.717, 1.165) is 0 Å². The second-order valence-electron chi connectivity index (χ2n) is 5.18. The molecule has 1 aromatic carbocycles. The summed E-state index contributed by atoms with van der Waals surface area (Å²) in [5.74, 6) is -1.60. The van der Waals surface area contributed by atoms with Crippen LogP contribution in [0.4, 0.5) is 0 Å². The first kappa shape index (κ1) is 15.5. The first-order valence-corrected chi connectivity index (χ1v) is 7.14. The highest BCUT2D eigenvalue weighted by molar-refractivity contribution is 6.03. The van der Waals surface area contributed by atoms with Crippen LogP contribution in [-0.2, 0) is 4.79 Å². The van der Waals surface area contributed by atoms with E-state index in [0.29, 0.717) is 16.6 Å². The second-order valence-corrected chi connectivity index (χ2v) is 5.18. The Bertz CT molecular complexity index is 906. The first-order chi connectivity index (χ1) is 11.5. The molecule has 0 unspecified atom stereocenters. The molecule has 8 nitrogen and oxygen atoms in total. The average molecular weight is 326 g/mol. The second kappa shape index (κ2) is 6.37. The molecule has 0 aliphatic carbocycles. The van der Waals surface area contributed by atoms with Gasteiger partial charge in [-0.15, -0.1) is 0 Å². The Kier molecular flexibility index (Phi) is 4.11. The number of fused-ring (bicyclic) bond motifs is 1. The van der Waals surface area contributed by atoms with Crippen molar-refractivity contribution < 1.29 is 19.8 Å². The number of carbonyl (C=O) groups is 2. The summed E-state index contributed by atoms with van der Waals surface area (Å²) >= 11 is 0. The summed E-state index contributed by atoms with van der Waals surface area (Å²) in [4.78, 5) is 34.5. The van der Waals surface area contributed by atoms with Crippen LogP contribution in [0.15, 0.2) is 42.9 Å². The Morgan fingerprint density at radius 2 is 2.08 bits per heavy atom. The number of phenolic OH excluding ortho intramolecular Hbond substituents is 1. The van der Waals surface area contributed by atoms with Gasteiger partial charge in [-0.25, -0.2) is 9.97 Å². The third kappa shape index (κ3) is 3.17. The molecule has 0 saturated heterocycles. The molecule has 3 aromatic rings. The van der Waals surface area contributed by atoms with E-state index in [1.54, 1.807) is 24.4 Å². The SMILES string of the molecule is O=C(O)C[C@H](NC(=O)c1ncnc2[nH]ccc12)c1cccc(O)c1. The van der Waals surface area contributed by atoms with Crippen LogP contribution in [0.5, 0.6) is 5.75 Å².